The van der Waals surface area contributed by atoms with E-state index in [2.05, 4.69) is 4.90 Å². The number of carbonyl (C=O) groups excluding carboxylic acids is 1. The molecule has 0 aliphatic carbocycles. The van der Waals surface area contributed by atoms with Crippen molar-refractivity contribution in [3.8, 4) is 11.5 Å². The van der Waals surface area contributed by atoms with E-state index in [0.29, 0.717) is 31.3 Å². The second-order valence-electron chi connectivity index (χ2n) is 7.45. The van der Waals surface area contributed by atoms with E-state index in [1.807, 2.05) is 48.5 Å². The van der Waals surface area contributed by atoms with Gasteiger partial charge in [0, 0.05) is 35.2 Å². The highest BCUT2D eigenvalue weighted by Gasteiger charge is 2.34. The molecule has 1 amide bonds. The molecule has 0 radical (unpaired) electrons. The van der Waals surface area contributed by atoms with Gasteiger partial charge in [0.25, 0.3) is 5.91 Å². The zero-order chi connectivity index (χ0) is 20.1. The Labute approximate surface area is 168 Å². The topological polar surface area (TPSA) is 62.2 Å². The SMILES string of the molecule is COc1ccc(OC)c2c1CN(CN1C(=O)c3cccc4cccc1c34)CC2O. The van der Waals surface area contributed by atoms with Crippen molar-refractivity contribution in [1.29, 1.82) is 0 Å². The normalized spacial score (nSPS) is 18.2. The Morgan fingerprint density at radius 3 is 2.52 bits per heavy atom. The Balaban J connectivity index is 1.49. The summed E-state index contributed by atoms with van der Waals surface area (Å²) in [5.41, 5.74) is 3.31. The number of rotatable bonds is 4. The number of fused-ring (bicyclic) bond motifs is 1. The predicted molar refractivity (Wildman–Crippen MR) is 111 cm³/mol. The number of anilines is 1. The molecule has 1 atom stereocenters. The molecular formula is C23H22N2O4. The van der Waals surface area contributed by atoms with Gasteiger partial charge in [0.15, 0.2) is 0 Å². The fourth-order valence-electron chi connectivity index (χ4n) is 4.57. The molecule has 2 heterocycles. The molecule has 0 fully saturated rings. The van der Waals surface area contributed by atoms with Gasteiger partial charge in [-0.2, -0.15) is 0 Å². The summed E-state index contributed by atoms with van der Waals surface area (Å²) in [4.78, 5) is 17.0. The molecule has 0 aromatic heterocycles. The Hall–Kier alpha value is -3.09. The van der Waals surface area contributed by atoms with Crippen molar-refractivity contribution in [2.24, 2.45) is 0 Å². The molecule has 29 heavy (non-hydrogen) atoms. The number of benzene rings is 3. The van der Waals surface area contributed by atoms with Crippen molar-refractivity contribution >= 4 is 22.4 Å². The van der Waals surface area contributed by atoms with E-state index in [9.17, 15) is 9.90 Å². The van der Waals surface area contributed by atoms with Gasteiger partial charge in [-0.05, 0) is 29.7 Å². The lowest BCUT2D eigenvalue weighted by Gasteiger charge is -2.36. The number of aliphatic hydroxyl groups excluding tert-OH is 1. The number of amides is 1. The van der Waals surface area contributed by atoms with E-state index in [0.717, 1.165) is 33.2 Å². The number of hydrogen-bond acceptors (Lipinski definition) is 5. The number of nitrogens with zero attached hydrogens (tertiary/aromatic N) is 2. The molecule has 3 aromatic carbocycles. The van der Waals surface area contributed by atoms with E-state index in [1.54, 1.807) is 19.1 Å². The summed E-state index contributed by atoms with van der Waals surface area (Å²) in [6, 6.07) is 15.5. The van der Waals surface area contributed by atoms with Crippen LogP contribution in [0.4, 0.5) is 5.69 Å². The molecule has 6 nitrogen and oxygen atoms in total. The van der Waals surface area contributed by atoms with Crippen molar-refractivity contribution in [2.75, 3.05) is 32.3 Å². The highest BCUT2D eigenvalue weighted by atomic mass is 16.5. The molecule has 0 saturated heterocycles. The van der Waals surface area contributed by atoms with Crippen LogP contribution in [0.2, 0.25) is 0 Å². The van der Waals surface area contributed by atoms with Gasteiger partial charge in [0.2, 0.25) is 0 Å². The van der Waals surface area contributed by atoms with Crippen LogP contribution in [-0.2, 0) is 6.54 Å². The van der Waals surface area contributed by atoms with E-state index < -0.39 is 6.10 Å². The first-order chi connectivity index (χ1) is 14.1. The highest BCUT2D eigenvalue weighted by Crippen LogP contribution is 2.41. The van der Waals surface area contributed by atoms with Crippen LogP contribution in [0, 0.1) is 0 Å². The molecule has 0 spiro atoms. The number of methoxy groups -OCH3 is 2. The second kappa shape index (κ2) is 6.76. The van der Waals surface area contributed by atoms with Gasteiger partial charge >= 0.3 is 0 Å². The maximum atomic E-state index is 13.1. The summed E-state index contributed by atoms with van der Waals surface area (Å²) in [6.07, 6.45) is -0.723. The number of ether oxygens (including phenoxy) is 2. The van der Waals surface area contributed by atoms with Crippen LogP contribution in [0.25, 0.3) is 10.8 Å². The molecule has 0 bridgehead atoms. The Morgan fingerprint density at radius 2 is 1.76 bits per heavy atom. The monoisotopic (exact) mass is 390 g/mol. The third-order valence-electron chi connectivity index (χ3n) is 5.85. The van der Waals surface area contributed by atoms with Gasteiger partial charge in [-0.1, -0.05) is 24.3 Å². The average molecular weight is 390 g/mol. The summed E-state index contributed by atoms with van der Waals surface area (Å²) in [6.45, 7) is 1.36. The van der Waals surface area contributed by atoms with Crippen molar-refractivity contribution in [1.82, 2.24) is 4.90 Å². The van der Waals surface area contributed by atoms with E-state index in [-0.39, 0.29) is 5.91 Å². The van der Waals surface area contributed by atoms with Crippen molar-refractivity contribution in [3.63, 3.8) is 0 Å². The lowest BCUT2D eigenvalue weighted by Crippen LogP contribution is -2.43. The summed E-state index contributed by atoms with van der Waals surface area (Å²) < 4.78 is 11.0. The van der Waals surface area contributed by atoms with Gasteiger partial charge in [0.1, 0.15) is 11.5 Å². The standard InChI is InChI=1S/C23H22N2O4/c1-28-19-9-10-20(29-2)22-16(19)11-24(12-18(22)26)13-25-17-8-4-6-14-5-3-7-15(21(14)17)23(25)27/h3-10,18,26H,11-13H2,1-2H3. The molecule has 6 heteroatoms. The van der Waals surface area contributed by atoms with E-state index >= 15 is 0 Å². The predicted octanol–water partition coefficient (Wildman–Crippen LogP) is 3.32. The fourth-order valence-corrected chi connectivity index (χ4v) is 4.57. The maximum Gasteiger partial charge on any atom is 0.260 e. The Kier molecular flexibility index (Phi) is 4.19. The molecule has 0 saturated carbocycles. The first-order valence-electron chi connectivity index (χ1n) is 9.60. The van der Waals surface area contributed by atoms with Gasteiger partial charge in [-0.3, -0.25) is 14.6 Å². The number of hydrogen-bond donors (Lipinski definition) is 1. The van der Waals surface area contributed by atoms with Crippen LogP contribution in [-0.4, -0.2) is 43.3 Å². The quantitative estimate of drug-likeness (QED) is 0.741. The van der Waals surface area contributed by atoms with Crippen molar-refractivity contribution < 1.29 is 19.4 Å². The minimum absolute atomic E-state index is 0.00491. The van der Waals surface area contributed by atoms with Crippen LogP contribution >= 0.6 is 0 Å². The van der Waals surface area contributed by atoms with Gasteiger partial charge < -0.3 is 14.6 Å². The van der Waals surface area contributed by atoms with E-state index in [4.69, 9.17) is 9.47 Å². The molecular weight excluding hydrogens is 368 g/mol. The summed E-state index contributed by atoms with van der Waals surface area (Å²) in [5, 5.41) is 12.9. The number of β-amino-alcohol motifs (C(OH)–C–C–N with tert-alkyl or cyclic N) is 1. The lowest BCUT2D eigenvalue weighted by molar-refractivity contribution is 0.0811. The molecule has 1 N–H and O–H groups in total. The van der Waals surface area contributed by atoms with E-state index in [1.165, 1.54) is 0 Å². The third-order valence-corrected chi connectivity index (χ3v) is 5.85. The van der Waals surface area contributed by atoms with Gasteiger partial charge in [-0.25, -0.2) is 0 Å². The summed E-state index contributed by atoms with van der Waals surface area (Å²) in [5.74, 6) is 1.36. The van der Waals surface area contributed by atoms with Gasteiger partial charge in [-0.15, -0.1) is 0 Å². The van der Waals surface area contributed by atoms with Crippen LogP contribution in [0.3, 0.4) is 0 Å². The minimum Gasteiger partial charge on any atom is -0.496 e. The fraction of sp³-hybridized carbons (Fsp3) is 0.261. The lowest BCUT2D eigenvalue weighted by atomic mass is 9.95. The molecule has 5 rings (SSSR count). The smallest absolute Gasteiger partial charge is 0.260 e. The van der Waals surface area contributed by atoms with Crippen LogP contribution in [0.1, 0.15) is 27.6 Å². The highest BCUT2D eigenvalue weighted by molar-refractivity contribution is 6.24. The van der Waals surface area contributed by atoms with Crippen LogP contribution < -0.4 is 14.4 Å². The number of aliphatic hydroxyl groups is 1. The van der Waals surface area contributed by atoms with Gasteiger partial charge in [0.05, 0.1) is 32.7 Å². The molecule has 2 aliphatic heterocycles. The van der Waals surface area contributed by atoms with Crippen LogP contribution in [0.15, 0.2) is 48.5 Å². The second-order valence-corrected chi connectivity index (χ2v) is 7.45. The maximum absolute atomic E-state index is 13.1. The van der Waals surface area contributed by atoms with Crippen molar-refractivity contribution in [2.45, 2.75) is 12.6 Å². The third kappa shape index (κ3) is 2.68. The average Bonchev–Trinajstić information content (AvgIpc) is 3.01. The zero-order valence-corrected chi connectivity index (χ0v) is 16.4. The Bertz CT molecular complexity index is 1120. The molecule has 148 valence electrons. The molecule has 1 unspecified atom stereocenters. The summed E-state index contributed by atoms with van der Waals surface area (Å²) >= 11 is 0. The molecule has 3 aromatic rings. The van der Waals surface area contributed by atoms with Crippen molar-refractivity contribution in [3.05, 3.63) is 65.2 Å². The first-order valence-corrected chi connectivity index (χ1v) is 9.60. The largest absolute Gasteiger partial charge is 0.496 e. The zero-order valence-electron chi connectivity index (χ0n) is 16.4. The minimum atomic E-state index is -0.723. The number of carbonyl (C=O) groups is 1. The Morgan fingerprint density at radius 1 is 1.03 bits per heavy atom. The summed E-state index contributed by atoms with van der Waals surface area (Å²) in [7, 11) is 3.22. The van der Waals surface area contributed by atoms with Crippen LogP contribution in [0.5, 0.6) is 11.5 Å². The first kappa shape index (κ1) is 18.0. The molecule has 2 aliphatic rings.